The van der Waals surface area contributed by atoms with E-state index >= 15 is 0 Å². The lowest BCUT2D eigenvalue weighted by molar-refractivity contribution is 0.545. The Kier molecular flexibility index (Phi) is 3.15. The first kappa shape index (κ1) is 12.2. The minimum absolute atomic E-state index is 0.544. The number of rotatable bonds is 2. The Morgan fingerprint density at radius 3 is 2.89 bits per heavy atom. The van der Waals surface area contributed by atoms with E-state index < -0.39 is 0 Å². The Morgan fingerprint density at radius 2 is 2.22 bits per heavy atom. The molecule has 0 saturated carbocycles. The zero-order chi connectivity index (χ0) is 12.7. The molecule has 96 valence electrons. The van der Waals surface area contributed by atoms with Crippen LogP contribution < -0.4 is 4.90 Å². The van der Waals surface area contributed by atoms with E-state index in [1.54, 1.807) is 29.4 Å². The van der Waals surface area contributed by atoms with Crippen molar-refractivity contribution in [1.29, 1.82) is 0 Å². The molecular formula is C12H16N4S2. The van der Waals surface area contributed by atoms with Gasteiger partial charge in [-0.15, -0.1) is 11.3 Å². The van der Waals surface area contributed by atoms with Crippen LogP contribution in [0.25, 0.3) is 10.3 Å². The molecule has 0 aliphatic carbocycles. The smallest absolute Gasteiger partial charge is 0.176 e. The Bertz CT molecular complexity index is 568. The van der Waals surface area contributed by atoms with Gasteiger partial charge in [-0.1, -0.05) is 18.7 Å². The van der Waals surface area contributed by atoms with Crippen molar-refractivity contribution in [3.8, 4) is 0 Å². The molecule has 0 N–H and O–H groups in total. The lowest BCUT2D eigenvalue weighted by Crippen LogP contribution is -2.29. The zero-order valence-corrected chi connectivity index (χ0v) is 12.4. The van der Waals surface area contributed by atoms with Crippen LogP contribution in [0.3, 0.4) is 0 Å². The number of anilines is 1. The van der Waals surface area contributed by atoms with E-state index in [4.69, 9.17) is 0 Å². The fourth-order valence-corrected chi connectivity index (χ4v) is 3.93. The van der Waals surface area contributed by atoms with Gasteiger partial charge in [0.25, 0.3) is 0 Å². The first-order chi connectivity index (χ1) is 8.70. The van der Waals surface area contributed by atoms with Crippen LogP contribution in [0.5, 0.6) is 0 Å². The van der Waals surface area contributed by atoms with Gasteiger partial charge in [-0.05, 0) is 25.5 Å². The zero-order valence-electron chi connectivity index (χ0n) is 10.8. The summed E-state index contributed by atoms with van der Waals surface area (Å²) in [5.74, 6) is 1.79. The molecule has 18 heavy (non-hydrogen) atoms. The van der Waals surface area contributed by atoms with Gasteiger partial charge < -0.3 is 4.90 Å². The average molecular weight is 280 g/mol. The molecule has 3 heterocycles. The molecule has 0 radical (unpaired) electrons. The number of aromatic nitrogens is 3. The molecule has 2 aromatic heterocycles. The summed E-state index contributed by atoms with van der Waals surface area (Å²) in [6.45, 7) is 5.67. The third-order valence-corrected chi connectivity index (χ3v) is 5.77. The van der Waals surface area contributed by atoms with Crippen molar-refractivity contribution in [2.75, 3.05) is 17.7 Å². The van der Waals surface area contributed by atoms with Crippen LogP contribution in [-0.2, 0) is 0 Å². The topological polar surface area (TPSA) is 41.9 Å². The molecule has 1 aliphatic heterocycles. The molecule has 6 heteroatoms. The highest BCUT2D eigenvalue weighted by atomic mass is 32.2. The number of thiazole rings is 1. The van der Waals surface area contributed by atoms with Gasteiger partial charge in [-0.3, -0.25) is 0 Å². The third kappa shape index (κ3) is 1.87. The van der Waals surface area contributed by atoms with Crippen molar-refractivity contribution in [3.05, 3.63) is 6.33 Å². The minimum Gasteiger partial charge on any atom is -0.352 e. The van der Waals surface area contributed by atoms with Crippen molar-refractivity contribution in [1.82, 2.24) is 15.0 Å². The summed E-state index contributed by atoms with van der Waals surface area (Å²) in [5, 5.41) is 0. The Hall–Kier alpha value is -0.880. The van der Waals surface area contributed by atoms with Gasteiger partial charge >= 0.3 is 0 Å². The number of hydrogen-bond acceptors (Lipinski definition) is 6. The highest BCUT2D eigenvalue weighted by Gasteiger charge is 2.30. The summed E-state index contributed by atoms with van der Waals surface area (Å²) in [6.07, 6.45) is 4.92. The van der Waals surface area contributed by atoms with Crippen molar-refractivity contribution in [2.45, 2.75) is 30.6 Å². The third-order valence-electron chi connectivity index (χ3n) is 3.74. The normalized spacial score (nSPS) is 24.1. The van der Waals surface area contributed by atoms with Crippen LogP contribution in [0.1, 0.15) is 20.3 Å². The molecule has 2 unspecified atom stereocenters. The molecule has 3 rings (SSSR count). The first-order valence-corrected chi connectivity index (χ1v) is 8.17. The standard InChI is InChI=1S/C12H16N4S2/c1-7-4-5-16(8(7)2)11-9-10(13-6-14-11)15-12(17-3)18-9/h6-8H,4-5H2,1-3H3. The van der Waals surface area contributed by atoms with E-state index in [0.717, 1.165) is 33.0 Å². The highest BCUT2D eigenvalue weighted by Crippen LogP contribution is 2.36. The molecule has 2 aromatic rings. The number of hydrogen-bond donors (Lipinski definition) is 0. The fourth-order valence-electron chi connectivity index (χ4n) is 2.41. The van der Waals surface area contributed by atoms with Gasteiger partial charge in [0.1, 0.15) is 11.0 Å². The van der Waals surface area contributed by atoms with E-state index in [0.29, 0.717) is 6.04 Å². The maximum atomic E-state index is 4.51. The van der Waals surface area contributed by atoms with Crippen LogP contribution in [0.2, 0.25) is 0 Å². The van der Waals surface area contributed by atoms with Gasteiger partial charge in [0.05, 0.1) is 0 Å². The van der Waals surface area contributed by atoms with Crippen LogP contribution in [0.15, 0.2) is 10.7 Å². The van der Waals surface area contributed by atoms with Crippen LogP contribution >= 0.6 is 23.1 Å². The Morgan fingerprint density at radius 1 is 1.39 bits per heavy atom. The molecule has 2 atom stereocenters. The van der Waals surface area contributed by atoms with E-state index in [-0.39, 0.29) is 0 Å². The van der Waals surface area contributed by atoms with Crippen molar-refractivity contribution in [3.63, 3.8) is 0 Å². The van der Waals surface area contributed by atoms with Gasteiger partial charge in [0.15, 0.2) is 15.8 Å². The molecule has 4 nitrogen and oxygen atoms in total. The quantitative estimate of drug-likeness (QED) is 0.791. The van der Waals surface area contributed by atoms with Gasteiger partial charge in [0.2, 0.25) is 0 Å². The molecule has 0 amide bonds. The Balaban J connectivity index is 2.08. The second kappa shape index (κ2) is 4.66. The molecule has 0 bridgehead atoms. The summed E-state index contributed by atoms with van der Waals surface area (Å²) < 4.78 is 2.19. The van der Waals surface area contributed by atoms with Gasteiger partial charge in [-0.2, -0.15) is 0 Å². The minimum atomic E-state index is 0.544. The summed E-state index contributed by atoms with van der Waals surface area (Å²) in [4.78, 5) is 15.7. The largest absolute Gasteiger partial charge is 0.352 e. The predicted molar refractivity (Wildman–Crippen MR) is 77.6 cm³/mol. The monoisotopic (exact) mass is 280 g/mol. The molecule has 1 saturated heterocycles. The van der Waals surface area contributed by atoms with E-state index in [1.807, 2.05) is 6.26 Å². The summed E-state index contributed by atoms with van der Waals surface area (Å²) in [5.41, 5.74) is 0.834. The van der Waals surface area contributed by atoms with E-state index in [1.165, 1.54) is 6.42 Å². The van der Waals surface area contributed by atoms with Crippen LogP contribution in [0.4, 0.5) is 5.82 Å². The lowest BCUT2D eigenvalue weighted by Gasteiger charge is -2.24. The molecule has 1 fully saturated rings. The number of fused-ring (bicyclic) bond motifs is 1. The van der Waals surface area contributed by atoms with Crippen LogP contribution in [-0.4, -0.2) is 33.8 Å². The van der Waals surface area contributed by atoms with Crippen molar-refractivity contribution < 1.29 is 0 Å². The maximum Gasteiger partial charge on any atom is 0.176 e. The van der Waals surface area contributed by atoms with Gasteiger partial charge in [-0.25, -0.2) is 15.0 Å². The second-order valence-electron chi connectivity index (χ2n) is 4.73. The van der Waals surface area contributed by atoms with Crippen molar-refractivity contribution >= 4 is 39.3 Å². The first-order valence-electron chi connectivity index (χ1n) is 6.13. The van der Waals surface area contributed by atoms with E-state index in [2.05, 4.69) is 33.7 Å². The number of thioether (sulfide) groups is 1. The second-order valence-corrected chi connectivity index (χ2v) is 6.79. The summed E-state index contributed by atoms with van der Waals surface area (Å²) in [7, 11) is 0. The number of nitrogens with zero attached hydrogens (tertiary/aromatic N) is 4. The van der Waals surface area contributed by atoms with Crippen LogP contribution in [0, 0.1) is 5.92 Å². The summed E-state index contributed by atoms with van der Waals surface area (Å²) >= 11 is 3.37. The summed E-state index contributed by atoms with van der Waals surface area (Å²) in [6, 6.07) is 0.544. The fraction of sp³-hybridized carbons (Fsp3) is 0.583. The maximum absolute atomic E-state index is 4.51. The Labute approximate surface area is 115 Å². The SMILES string of the molecule is CSc1nc2ncnc(N3CCC(C)C3C)c2s1. The predicted octanol–water partition coefficient (Wildman–Crippen LogP) is 3.04. The molecular weight excluding hydrogens is 264 g/mol. The lowest BCUT2D eigenvalue weighted by atomic mass is 10.1. The van der Waals surface area contributed by atoms with E-state index in [9.17, 15) is 0 Å². The molecule has 0 aromatic carbocycles. The highest BCUT2D eigenvalue weighted by molar-refractivity contribution is 8.00. The molecule has 0 spiro atoms. The van der Waals surface area contributed by atoms with Gasteiger partial charge in [0, 0.05) is 12.6 Å². The average Bonchev–Trinajstić information content (AvgIpc) is 2.94. The van der Waals surface area contributed by atoms with Crippen molar-refractivity contribution in [2.24, 2.45) is 5.92 Å². The molecule has 1 aliphatic rings.